The van der Waals surface area contributed by atoms with Gasteiger partial charge < -0.3 is 10.8 Å². The Morgan fingerprint density at radius 3 is 2.64 bits per heavy atom. The summed E-state index contributed by atoms with van der Waals surface area (Å²) in [4.78, 5) is 0.928. The highest BCUT2D eigenvalue weighted by molar-refractivity contribution is 7.10. The fourth-order valence-corrected chi connectivity index (χ4v) is 1.72. The Morgan fingerprint density at radius 1 is 1.64 bits per heavy atom. The van der Waals surface area contributed by atoms with Crippen molar-refractivity contribution in [1.29, 1.82) is 0 Å². The fraction of sp³-hybridized carbons (Fsp3) is 0.500. The van der Waals surface area contributed by atoms with Crippen molar-refractivity contribution in [2.45, 2.75) is 25.5 Å². The molecule has 0 aliphatic heterocycles. The van der Waals surface area contributed by atoms with Crippen molar-refractivity contribution in [3.05, 3.63) is 22.4 Å². The van der Waals surface area contributed by atoms with Crippen molar-refractivity contribution in [3.63, 3.8) is 0 Å². The first-order valence-electron chi connectivity index (χ1n) is 3.52. The van der Waals surface area contributed by atoms with Crippen LogP contribution in [-0.2, 0) is 0 Å². The van der Waals surface area contributed by atoms with Gasteiger partial charge in [-0.3, -0.25) is 0 Å². The van der Waals surface area contributed by atoms with Crippen LogP contribution in [-0.4, -0.2) is 10.6 Å². The molecule has 0 aromatic carbocycles. The molecular formula is C8H13NOS. The average Bonchev–Trinajstić information content (AvgIpc) is 2.34. The summed E-state index contributed by atoms with van der Waals surface area (Å²) in [6.07, 6.45) is -0.553. The number of rotatable bonds is 2. The van der Waals surface area contributed by atoms with Crippen molar-refractivity contribution >= 4 is 11.3 Å². The van der Waals surface area contributed by atoms with Gasteiger partial charge in [-0.25, -0.2) is 0 Å². The van der Waals surface area contributed by atoms with Crippen LogP contribution in [0, 0.1) is 0 Å². The quantitative estimate of drug-likeness (QED) is 0.708. The molecule has 1 atom stereocenters. The highest BCUT2D eigenvalue weighted by Gasteiger charge is 2.24. The number of nitrogens with two attached hydrogens (primary N) is 1. The molecule has 1 aromatic rings. The number of aliphatic hydroxyl groups excluding tert-OH is 1. The van der Waals surface area contributed by atoms with Crippen molar-refractivity contribution in [2.75, 3.05) is 0 Å². The molecule has 3 N–H and O–H groups in total. The van der Waals surface area contributed by atoms with Gasteiger partial charge in [0, 0.05) is 10.4 Å². The van der Waals surface area contributed by atoms with E-state index in [-0.39, 0.29) is 0 Å². The number of aliphatic hydroxyl groups is 1. The van der Waals surface area contributed by atoms with Crippen LogP contribution in [0.2, 0.25) is 0 Å². The van der Waals surface area contributed by atoms with E-state index < -0.39 is 11.6 Å². The predicted molar refractivity (Wildman–Crippen MR) is 47.5 cm³/mol. The van der Waals surface area contributed by atoms with Crippen molar-refractivity contribution in [2.24, 2.45) is 5.73 Å². The summed E-state index contributed by atoms with van der Waals surface area (Å²) in [6, 6.07) is 3.80. The molecule has 0 amide bonds. The highest BCUT2D eigenvalue weighted by atomic mass is 32.1. The first-order valence-corrected chi connectivity index (χ1v) is 4.40. The van der Waals surface area contributed by atoms with Gasteiger partial charge in [-0.05, 0) is 25.3 Å². The first-order chi connectivity index (χ1) is 5.02. The minimum absolute atomic E-state index is 0.551. The molecule has 0 aliphatic rings. The zero-order valence-electron chi connectivity index (χ0n) is 6.74. The Hall–Kier alpha value is -0.380. The van der Waals surface area contributed by atoms with Gasteiger partial charge >= 0.3 is 0 Å². The van der Waals surface area contributed by atoms with E-state index in [1.807, 2.05) is 31.4 Å². The minimum atomic E-state index is -0.553. The second-order valence-corrected chi connectivity index (χ2v) is 4.22. The second kappa shape index (κ2) is 2.93. The van der Waals surface area contributed by atoms with Crippen LogP contribution in [0.15, 0.2) is 17.5 Å². The molecule has 0 fully saturated rings. The lowest BCUT2D eigenvalue weighted by atomic mass is 9.98. The van der Waals surface area contributed by atoms with E-state index in [1.54, 1.807) is 0 Å². The van der Waals surface area contributed by atoms with E-state index in [1.165, 1.54) is 11.3 Å². The molecule has 1 heterocycles. The zero-order valence-corrected chi connectivity index (χ0v) is 7.56. The van der Waals surface area contributed by atoms with E-state index in [2.05, 4.69) is 0 Å². The summed E-state index contributed by atoms with van der Waals surface area (Å²) in [6.45, 7) is 3.63. The molecule has 1 unspecified atom stereocenters. The van der Waals surface area contributed by atoms with Crippen LogP contribution < -0.4 is 5.73 Å². The average molecular weight is 171 g/mol. The Balaban J connectivity index is 2.78. The van der Waals surface area contributed by atoms with Gasteiger partial charge in [0.1, 0.15) is 6.10 Å². The molecule has 11 heavy (non-hydrogen) atoms. The monoisotopic (exact) mass is 171 g/mol. The van der Waals surface area contributed by atoms with Crippen LogP contribution in [0.1, 0.15) is 24.8 Å². The van der Waals surface area contributed by atoms with Crippen molar-refractivity contribution < 1.29 is 5.11 Å². The van der Waals surface area contributed by atoms with Gasteiger partial charge in [0.15, 0.2) is 0 Å². The van der Waals surface area contributed by atoms with Crippen LogP contribution >= 0.6 is 11.3 Å². The van der Waals surface area contributed by atoms with Gasteiger partial charge in [-0.15, -0.1) is 11.3 Å². The Labute approximate surface area is 70.7 Å². The molecule has 62 valence electrons. The molecule has 2 nitrogen and oxygen atoms in total. The van der Waals surface area contributed by atoms with Crippen LogP contribution in [0.4, 0.5) is 0 Å². The molecule has 0 bridgehead atoms. The van der Waals surface area contributed by atoms with E-state index >= 15 is 0 Å². The maximum atomic E-state index is 9.63. The highest BCUT2D eigenvalue weighted by Crippen LogP contribution is 2.26. The number of hydrogen-bond acceptors (Lipinski definition) is 3. The summed E-state index contributed by atoms with van der Waals surface area (Å²) in [5.41, 5.74) is 5.18. The van der Waals surface area contributed by atoms with Gasteiger partial charge in [0.2, 0.25) is 0 Å². The molecule has 0 radical (unpaired) electrons. The standard InChI is InChI=1S/C8H13NOS/c1-8(2,9)7(10)6-4-3-5-11-6/h3-5,7,10H,9H2,1-2H3. The van der Waals surface area contributed by atoms with E-state index in [4.69, 9.17) is 5.73 Å². The first kappa shape index (κ1) is 8.71. The molecule has 1 aromatic heterocycles. The summed E-state index contributed by atoms with van der Waals surface area (Å²) >= 11 is 1.53. The van der Waals surface area contributed by atoms with E-state index in [9.17, 15) is 5.11 Å². The molecule has 0 saturated carbocycles. The summed E-state index contributed by atoms with van der Waals surface area (Å²) in [5.74, 6) is 0. The molecule has 0 aliphatic carbocycles. The molecule has 1 rings (SSSR count). The lowest BCUT2D eigenvalue weighted by Gasteiger charge is -2.24. The Morgan fingerprint density at radius 2 is 2.27 bits per heavy atom. The van der Waals surface area contributed by atoms with E-state index in [0.29, 0.717) is 0 Å². The third kappa shape index (κ3) is 2.02. The fourth-order valence-electron chi connectivity index (χ4n) is 0.814. The molecular weight excluding hydrogens is 158 g/mol. The van der Waals surface area contributed by atoms with Crippen molar-refractivity contribution in [1.82, 2.24) is 0 Å². The third-order valence-electron chi connectivity index (χ3n) is 1.52. The van der Waals surface area contributed by atoms with Crippen LogP contribution in [0.5, 0.6) is 0 Å². The second-order valence-electron chi connectivity index (χ2n) is 3.24. The molecule has 0 saturated heterocycles. The SMILES string of the molecule is CC(C)(N)C(O)c1cccs1. The maximum absolute atomic E-state index is 9.63. The van der Waals surface area contributed by atoms with Gasteiger partial charge in [-0.1, -0.05) is 6.07 Å². The topological polar surface area (TPSA) is 46.2 Å². The zero-order chi connectivity index (χ0) is 8.48. The van der Waals surface area contributed by atoms with Gasteiger partial charge in [-0.2, -0.15) is 0 Å². The van der Waals surface area contributed by atoms with Crippen LogP contribution in [0.25, 0.3) is 0 Å². The lowest BCUT2D eigenvalue weighted by molar-refractivity contribution is 0.108. The molecule has 0 spiro atoms. The van der Waals surface area contributed by atoms with Crippen molar-refractivity contribution in [3.8, 4) is 0 Å². The normalized spacial score (nSPS) is 14.9. The number of hydrogen-bond donors (Lipinski definition) is 2. The summed E-state index contributed by atoms with van der Waals surface area (Å²) in [7, 11) is 0. The Kier molecular flexibility index (Phi) is 2.32. The maximum Gasteiger partial charge on any atom is 0.105 e. The largest absolute Gasteiger partial charge is 0.386 e. The number of thiophene rings is 1. The summed E-state index contributed by atoms with van der Waals surface area (Å²) < 4.78 is 0. The molecule has 3 heteroatoms. The Bertz CT molecular complexity index is 212. The predicted octanol–water partition coefficient (Wildman–Crippen LogP) is 1.52. The van der Waals surface area contributed by atoms with E-state index in [0.717, 1.165) is 4.88 Å². The minimum Gasteiger partial charge on any atom is -0.386 e. The lowest BCUT2D eigenvalue weighted by Crippen LogP contribution is -2.38. The van der Waals surface area contributed by atoms with Gasteiger partial charge in [0.25, 0.3) is 0 Å². The van der Waals surface area contributed by atoms with Crippen LogP contribution in [0.3, 0.4) is 0 Å². The smallest absolute Gasteiger partial charge is 0.105 e. The van der Waals surface area contributed by atoms with Gasteiger partial charge in [0.05, 0.1) is 0 Å². The third-order valence-corrected chi connectivity index (χ3v) is 2.44. The summed E-state index contributed by atoms with van der Waals surface area (Å²) in [5, 5.41) is 11.6.